The SMILES string of the molecule is O=S1(=O)C=CN=CC1. The summed E-state index contributed by atoms with van der Waals surface area (Å²) in [5, 5.41) is 1.10. The zero-order chi connectivity index (χ0) is 6.04. The maximum absolute atomic E-state index is 10.5. The normalized spacial score (nSPS) is 23.5. The number of nitrogens with zero attached hydrogens (tertiary/aromatic N) is 1. The van der Waals surface area contributed by atoms with Gasteiger partial charge in [-0.1, -0.05) is 0 Å². The quantitative estimate of drug-likeness (QED) is 0.463. The van der Waals surface area contributed by atoms with Crippen molar-refractivity contribution in [2.75, 3.05) is 5.75 Å². The van der Waals surface area contributed by atoms with Crippen molar-refractivity contribution in [2.45, 2.75) is 0 Å². The van der Waals surface area contributed by atoms with Crippen LogP contribution in [0.4, 0.5) is 0 Å². The van der Waals surface area contributed by atoms with Gasteiger partial charge in [0, 0.05) is 17.8 Å². The maximum Gasteiger partial charge on any atom is 0.178 e. The number of hydrogen-bond donors (Lipinski definition) is 0. The Balaban J connectivity index is 2.98. The minimum atomic E-state index is -2.91. The van der Waals surface area contributed by atoms with Gasteiger partial charge in [-0.2, -0.15) is 0 Å². The van der Waals surface area contributed by atoms with Crippen LogP contribution in [-0.4, -0.2) is 20.4 Å². The molecule has 1 rings (SSSR count). The molecule has 1 aliphatic heterocycles. The van der Waals surface area contributed by atoms with E-state index in [0.29, 0.717) is 0 Å². The molecule has 0 saturated carbocycles. The van der Waals surface area contributed by atoms with Gasteiger partial charge in [-0.05, 0) is 0 Å². The van der Waals surface area contributed by atoms with Gasteiger partial charge in [-0.3, -0.25) is 4.99 Å². The Bertz CT molecular complexity index is 224. The van der Waals surface area contributed by atoms with E-state index in [1.54, 1.807) is 0 Å². The molecule has 0 atom stereocenters. The first-order valence-corrected chi connectivity index (χ1v) is 3.83. The molecule has 0 saturated heterocycles. The molecule has 0 N–H and O–H groups in total. The van der Waals surface area contributed by atoms with Crippen molar-refractivity contribution in [3.63, 3.8) is 0 Å². The van der Waals surface area contributed by atoms with E-state index in [9.17, 15) is 8.42 Å². The third-order valence-corrected chi connectivity index (χ3v) is 1.92. The first kappa shape index (κ1) is 5.50. The summed E-state index contributed by atoms with van der Waals surface area (Å²) in [6, 6.07) is 0. The lowest BCUT2D eigenvalue weighted by Gasteiger charge is -1.93. The summed E-state index contributed by atoms with van der Waals surface area (Å²) >= 11 is 0. The number of aliphatic imine (C=N–C) groups is 1. The van der Waals surface area contributed by atoms with Crippen molar-refractivity contribution in [1.29, 1.82) is 0 Å². The van der Waals surface area contributed by atoms with Crippen molar-refractivity contribution in [3.05, 3.63) is 11.6 Å². The molecule has 1 heterocycles. The largest absolute Gasteiger partial charge is 0.267 e. The Morgan fingerprint density at radius 2 is 2.25 bits per heavy atom. The molecule has 0 amide bonds. The van der Waals surface area contributed by atoms with Crippen LogP contribution in [0.15, 0.2) is 16.6 Å². The van der Waals surface area contributed by atoms with Crippen LogP contribution < -0.4 is 0 Å². The molecule has 0 aromatic carbocycles. The topological polar surface area (TPSA) is 46.5 Å². The molecule has 0 aliphatic carbocycles. The Kier molecular flexibility index (Phi) is 1.17. The summed E-state index contributed by atoms with van der Waals surface area (Å²) in [6.07, 6.45) is 2.65. The molecule has 0 fully saturated rings. The van der Waals surface area contributed by atoms with Gasteiger partial charge in [0.1, 0.15) is 0 Å². The van der Waals surface area contributed by atoms with E-state index in [-0.39, 0.29) is 5.75 Å². The van der Waals surface area contributed by atoms with Crippen LogP contribution in [0.2, 0.25) is 0 Å². The van der Waals surface area contributed by atoms with Crippen LogP contribution in [0, 0.1) is 0 Å². The van der Waals surface area contributed by atoms with Crippen LogP contribution in [0.1, 0.15) is 0 Å². The van der Waals surface area contributed by atoms with Gasteiger partial charge in [-0.15, -0.1) is 0 Å². The molecular formula is C4H5NO2S. The smallest absolute Gasteiger partial charge is 0.178 e. The Hall–Kier alpha value is -0.640. The highest BCUT2D eigenvalue weighted by atomic mass is 32.2. The van der Waals surface area contributed by atoms with Crippen molar-refractivity contribution in [1.82, 2.24) is 0 Å². The molecule has 0 aromatic heterocycles. The molecule has 3 nitrogen and oxygen atoms in total. The molecule has 0 aromatic rings. The van der Waals surface area contributed by atoms with E-state index in [1.165, 1.54) is 12.4 Å². The van der Waals surface area contributed by atoms with Gasteiger partial charge in [-0.25, -0.2) is 8.42 Å². The van der Waals surface area contributed by atoms with E-state index in [1.807, 2.05) is 0 Å². The lowest BCUT2D eigenvalue weighted by molar-refractivity contribution is 0.608. The maximum atomic E-state index is 10.5. The molecule has 8 heavy (non-hydrogen) atoms. The van der Waals surface area contributed by atoms with Crippen molar-refractivity contribution in [2.24, 2.45) is 4.99 Å². The van der Waals surface area contributed by atoms with E-state index in [2.05, 4.69) is 4.99 Å². The highest BCUT2D eigenvalue weighted by Gasteiger charge is 2.04. The van der Waals surface area contributed by atoms with Crippen LogP contribution in [0.5, 0.6) is 0 Å². The molecule has 0 radical (unpaired) electrons. The number of rotatable bonds is 0. The monoisotopic (exact) mass is 131 g/mol. The fourth-order valence-corrected chi connectivity index (χ4v) is 1.05. The zero-order valence-corrected chi connectivity index (χ0v) is 4.93. The van der Waals surface area contributed by atoms with Crippen molar-refractivity contribution >= 4 is 16.1 Å². The summed E-state index contributed by atoms with van der Waals surface area (Å²) in [5.74, 6) is 0.0451. The number of sulfone groups is 1. The Morgan fingerprint density at radius 1 is 1.50 bits per heavy atom. The lowest BCUT2D eigenvalue weighted by Crippen LogP contribution is -2.05. The minimum Gasteiger partial charge on any atom is -0.267 e. The molecule has 4 heteroatoms. The third-order valence-electron chi connectivity index (χ3n) is 0.767. The summed E-state index contributed by atoms with van der Waals surface area (Å²) in [6.45, 7) is 0. The molecule has 44 valence electrons. The predicted octanol–water partition coefficient (Wildman–Crippen LogP) is -0.0432. The molecule has 0 bridgehead atoms. The lowest BCUT2D eigenvalue weighted by atomic mass is 10.8. The molecular weight excluding hydrogens is 126 g/mol. The first-order valence-electron chi connectivity index (χ1n) is 2.12. The molecule has 0 unspecified atom stereocenters. The van der Waals surface area contributed by atoms with E-state index >= 15 is 0 Å². The van der Waals surface area contributed by atoms with Crippen molar-refractivity contribution < 1.29 is 8.42 Å². The van der Waals surface area contributed by atoms with Gasteiger partial charge in [0.15, 0.2) is 9.84 Å². The highest BCUT2D eigenvalue weighted by molar-refractivity contribution is 7.94. The average molecular weight is 131 g/mol. The average Bonchev–Trinajstić information content (AvgIpc) is 1.65. The first-order chi connectivity index (χ1) is 3.71. The second kappa shape index (κ2) is 1.70. The van der Waals surface area contributed by atoms with Gasteiger partial charge < -0.3 is 0 Å². The fraction of sp³-hybridized carbons (Fsp3) is 0.250. The van der Waals surface area contributed by atoms with Crippen molar-refractivity contribution in [3.8, 4) is 0 Å². The zero-order valence-electron chi connectivity index (χ0n) is 4.11. The highest BCUT2D eigenvalue weighted by Crippen LogP contribution is 1.95. The second-order valence-corrected chi connectivity index (χ2v) is 3.38. The summed E-state index contributed by atoms with van der Waals surface area (Å²) < 4.78 is 20.9. The van der Waals surface area contributed by atoms with Gasteiger partial charge in [0.2, 0.25) is 0 Å². The summed E-state index contributed by atoms with van der Waals surface area (Å²) in [5.41, 5.74) is 0. The van der Waals surface area contributed by atoms with Crippen LogP contribution in [-0.2, 0) is 9.84 Å². The van der Waals surface area contributed by atoms with Crippen LogP contribution in [0.25, 0.3) is 0 Å². The summed E-state index contributed by atoms with van der Waals surface area (Å²) in [4.78, 5) is 3.59. The van der Waals surface area contributed by atoms with Crippen LogP contribution >= 0.6 is 0 Å². The Labute approximate surface area is 47.7 Å². The van der Waals surface area contributed by atoms with Gasteiger partial charge in [0.25, 0.3) is 0 Å². The standard InChI is InChI=1S/C4H5NO2S/c6-8(7)3-1-5-2-4-8/h1-3H,4H2. The van der Waals surface area contributed by atoms with Crippen LogP contribution in [0.3, 0.4) is 0 Å². The minimum absolute atomic E-state index is 0.0451. The summed E-state index contributed by atoms with van der Waals surface area (Å²) in [7, 11) is -2.91. The Morgan fingerprint density at radius 3 is 2.50 bits per heavy atom. The second-order valence-electron chi connectivity index (χ2n) is 1.45. The molecule has 1 aliphatic rings. The molecule has 0 spiro atoms. The third kappa shape index (κ3) is 1.16. The van der Waals surface area contributed by atoms with Gasteiger partial charge >= 0.3 is 0 Å². The fourth-order valence-electron chi connectivity index (χ4n) is 0.391. The van der Waals surface area contributed by atoms with E-state index in [4.69, 9.17) is 0 Å². The van der Waals surface area contributed by atoms with E-state index < -0.39 is 9.84 Å². The van der Waals surface area contributed by atoms with Gasteiger partial charge in [0.05, 0.1) is 5.75 Å². The number of hydrogen-bond acceptors (Lipinski definition) is 3. The predicted molar refractivity (Wildman–Crippen MR) is 31.4 cm³/mol. The van der Waals surface area contributed by atoms with E-state index in [0.717, 1.165) is 5.41 Å².